The molecule has 0 unspecified atom stereocenters. The standard InChI is InChI=1S/C9H13N3S/c1-6-4-5-8(7(2)11-6)12-9(13)10-3/h4-5H,1-3H3,(H2,10,12,13). The van der Waals surface area contributed by atoms with Crippen molar-refractivity contribution in [1.82, 2.24) is 10.3 Å². The van der Waals surface area contributed by atoms with Gasteiger partial charge in [0.15, 0.2) is 5.11 Å². The largest absolute Gasteiger partial charge is 0.366 e. The fraction of sp³-hybridized carbons (Fsp3) is 0.333. The Kier molecular flexibility index (Phi) is 3.19. The van der Waals surface area contributed by atoms with Gasteiger partial charge in [-0.3, -0.25) is 4.98 Å². The number of hydrogen-bond donors (Lipinski definition) is 2. The lowest BCUT2D eigenvalue weighted by Gasteiger charge is -2.09. The number of nitrogens with zero attached hydrogens (tertiary/aromatic N) is 1. The van der Waals surface area contributed by atoms with Gasteiger partial charge in [-0.25, -0.2) is 0 Å². The molecule has 0 aliphatic heterocycles. The van der Waals surface area contributed by atoms with Crippen molar-refractivity contribution in [2.45, 2.75) is 13.8 Å². The molecule has 4 heteroatoms. The van der Waals surface area contributed by atoms with E-state index in [1.807, 2.05) is 26.0 Å². The molecule has 1 aromatic heterocycles. The smallest absolute Gasteiger partial charge is 0.170 e. The van der Waals surface area contributed by atoms with Crippen molar-refractivity contribution in [3.05, 3.63) is 23.5 Å². The van der Waals surface area contributed by atoms with Crippen LogP contribution in [-0.2, 0) is 0 Å². The molecule has 0 saturated carbocycles. The molecule has 0 aromatic carbocycles. The van der Waals surface area contributed by atoms with Gasteiger partial charge >= 0.3 is 0 Å². The molecular formula is C9H13N3S. The Morgan fingerprint density at radius 2 is 2.08 bits per heavy atom. The molecule has 0 bridgehead atoms. The second-order valence-corrected chi connectivity index (χ2v) is 3.20. The van der Waals surface area contributed by atoms with Crippen LogP contribution >= 0.6 is 12.2 Å². The Bertz CT molecular complexity index is 323. The van der Waals surface area contributed by atoms with E-state index in [2.05, 4.69) is 15.6 Å². The maximum atomic E-state index is 4.98. The van der Waals surface area contributed by atoms with Crippen LogP contribution in [0.3, 0.4) is 0 Å². The molecule has 2 N–H and O–H groups in total. The van der Waals surface area contributed by atoms with E-state index < -0.39 is 0 Å². The molecule has 1 heterocycles. The van der Waals surface area contributed by atoms with Crippen LogP contribution in [0.5, 0.6) is 0 Å². The summed E-state index contributed by atoms with van der Waals surface area (Å²) in [4.78, 5) is 4.31. The Hall–Kier alpha value is -1.16. The first kappa shape index (κ1) is 9.92. The van der Waals surface area contributed by atoms with Crippen molar-refractivity contribution >= 4 is 23.0 Å². The van der Waals surface area contributed by atoms with E-state index in [9.17, 15) is 0 Å². The van der Waals surface area contributed by atoms with Crippen LogP contribution in [0.15, 0.2) is 12.1 Å². The van der Waals surface area contributed by atoms with Crippen LogP contribution in [0, 0.1) is 13.8 Å². The predicted molar refractivity (Wildman–Crippen MR) is 59.0 cm³/mol. The summed E-state index contributed by atoms with van der Waals surface area (Å²) in [5, 5.41) is 6.50. The number of aromatic nitrogens is 1. The van der Waals surface area contributed by atoms with Crippen molar-refractivity contribution in [3.63, 3.8) is 0 Å². The van der Waals surface area contributed by atoms with Gasteiger partial charge in [0.25, 0.3) is 0 Å². The third-order valence-corrected chi connectivity index (χ3v) is 2.01. The van der Waals surface area contributed by atoms with Crippen molar-refractivity contribution in [2.75, 3.05) is 12.4 Å². The highest BCUT2D eigenvalue weighted by Gasteiger charge is 2.00. The minimum absolute atomic E-state index is 0.605. The molecule has 0 aliphatic carbocycles. The monoisotopic (exact) mass is 195 g/mol. The Morgan fingerprint density at radius 1 is 1.38 bits per heavy atom. The van der Waals surface area contributed by atoms with Gasteiger partial charge in [0.05, 0.1) is 11.4 Å². The lowest BCUT2D eigenvalue weighted by molar-refractivity contribution is 1.12. The van der Waals surface area contributed by atoms with Crippen LogP contribution < -0.4 is 10.6 Å². The topological polar surface area (TPSA) is 37.0 Å². The lowest BCUT2D eigenvalue weighted by atomic mass is 10.3. The third kappa shape index (κ3) is 2.66. The molecule has 1 rings (SSSR count). The SMILES string of the molecule is CNC(=S)Nc1ccc(C)nc1C. The van der Waals surface area contributed by atoms with Crippen LogP contribution in [0.4, 0.5) is 5.69 Å². The van der Waals surface area contributed by atoms with E-state index in [1.54, 1.807) is 7.05 Å². The average molecular weight is 195 g/mol. The second-order valence-electron chi connectivity index (χ2n) is 2.79. The molecule has 0 aliphatic rings. The summed E-state index contributed by atoms with van der Waals surface area (Å²) in [5.74, 6) is 0. The third-order valence-electron chi connectivity index (χ3n) is 1.70. The number of nitrogens with one attached hydrogen (secondary N) is 2. The highest BCUT2D eigenvalue weighted by atomic mass is 32.1. The maximum Gasteiger partial charge on any atom is 0.170 e. The van der Waals surface area contributed by atoms with Crippen molar-refractivity contribution in [2.24, 2.45) is 0 Å². The Labute approximate surface area is 83.6 Å². The summed E-state index contributed by atoms with van der Waals surface area (Å²) in [5.41, 5.74) is 2.92. The lowest BCUT2D eigenvalue weighted by Crippen LogP contribution is -2.24. The highest BCUT2D eigenvalue weighted by molar-refractivity contribution is 7.80. The fourth-order valence-electron chi connectivity index (χ4n) is 1.00. The van der Waals surface area contributed by atoms with Gasteiger partial charge in [-0.15, -0.1) is 0 Å². The predicted octanol–water partition coefficient (Wildman–Crippen LogP) is 1.61. The number of pyridine rings is 1. The molecular weight excluding hydrogens is 182 g/mol. The number of aryl methyl sites for hydroxylation is 2. The summed E-state index contributed by atoms with van der Waals surface area (Å²) >= 11 is 4.98. The zero-order valence-electron chi connectivity index (χ0n) is 8.01. The molecule has 13 heavy (non-hydrogen) atoms. The van der Waals surface area contributed by atoms with Crippen LogP contribution in [0.2, 0.25) is 0 Å². The first-order valence-electron chi connectivity index (χ1n) is 4.06. The molecule has 0 amide bonds. The van der Waals surface area contributed by atoms with Gasteiger partial charge < -0.3 is 10.6 Å². The molecule has 70 valence electrons. The van der Waals surface area contributed by atoms with E-state index >= 15 is 0 Å². The van der Waals surface area contributed by atoms with Crippen molar-refractivity contribution in [3.8, 4) is 0 Å². The summed E-state index contributed by atoms with van der Waals surface area (Å²) in [6, 6.07) is 3.93. The first-order valence-corrected chi connectivity index (χ1v) is 4.47. The van der Waals surface area contributed by atoms with Gasteiger partial charge in [0.2, 0.25) is 0 Å². The van der Waals surface area contributed by atoms with Gasteiger partial charge in [-0.2, -0.15) is 0 Å². The molecule has 0 spiro atoms. The van der Waals surface area contributed by atoms with Gasteiger partial charge in [0.1, 0.15) is 0 Å². The quantitative estimate of drug-likeness (QED) is 0.668. The zero-order chi connectivity index (χ0) is 9.84. The maximum absolute atomic E-state index is 4.98. The molecule has 1 aromatic rings. The number of hydrogen-bond acceptors (Lipinski definition) is 2. The normalized spacial score (nSPS) is 9.46. The Balaban J connectivity index is 2.83. The summed E-state index contributed by atoms with van der Waals surface area (Å²) < 4.78 is 0. The molecule has 3 nitrogen and oxygen atoms in total. The molecule has 0 radical (unpaired) electrons. The summed E-state index contributed by atoms with van der Waals surface area (Å²) in [6.07, 6.45) is 0. The fourth-order valence-corrected chi connectivity index (χ4v) is 1.11. The second kappa shape index (κ2) is 4.18. The molecule has 0 atom stereocenters. The van der Waals surface area contributed by atoms with E-state index in [0.29, 0.717) is 5.11 Å². The summed E-state index contributed by atoms with van der Waals surface area (Å²) in [6.45, 7) is 3.92. The number of rotatable bonds is 1. The first-order chi connectivity index (χ1) is 6.13. The number of anilines is 1. The zero-order valence-corrected chi connectivity index (χ0v) is 8.83. The van der Waals surface area contributed by atoms with E-state index in [-0.39, 0.29) is 0 Å². The van der Waals surface area contributed by atoms with Crippen molar-refractivity contribution in [1.29, 1.82) is 0 Å². The average Bonchev–Trinajstić information content (AvgIpc) is 2.09. The molecule has 0 fully saturated rings. The minimum atomic E-state index is 0.605. The van der Waals surface area contributed by atoms with Crippen molar-refractivity contribution < 1.29 is 0 Å². The Morgan fingerprint density at radius 3 is 2.62 bits per heavy atom. The van der Waals surface area contributed by atoms with E-state index in [4.69, 9.17) is 12.2 Å². The molecule has 0 saturated heterocycles. The van der Waals surface area contributed by atoms with Crippen LogP contribution in [0.1, 0.15) is 11.4 Å². The van der Waals surface area contributed by atoms with Gasteiger partial charge in [-0.05, 0) is 38.2 Å². The van der Waals surface area contributed by atoms with Gasteiger partial charge in [0, 0.05) is 12.7 Å². The van der Waals surface area contributed by atoms with Crippen LogP contribution in [0.25, 0.3) is 0 Å². The van der Waals surface area contributed by atoms with E-state index in [1.165, 1.54) is 0 Å². The van der Waals surface area contributed by atoms with Gasteiger partial charge in [-0.1, -0.05) is 0 Å². The highest BCUT2D eigenvalue weighted by Crippen LogP contribution is 2.11. The summed E-state index contributed by atoms with van der Waals surface area (Å²) in [7, 11) is 1.78. The minimum Gasteiger partial charge on any atom is -0.366 e. The number of thiocarbonyl (C=S) groups is 1. The van der Waals surface area contributed by atoms with E-state index in [0.717, 1.165) is 17.1 Å². The van der Waals surface area contributed by atoms with Crippen LogP contribution in [-0.4, -0.2) is 17.1 Å².